The zero-order valence-electron chi connectivity index (χ0n) is 13.7. The summed E-state index contributed by atoms with van der Waals surface area (Å²) >= 11 is 0. The molecular weight excluding hydrogens is 278 g/mol. The van der Waals surface area contributed by atoms with Crippen molar-refractivity contribution < 1.29 is 14.6 Å². The number of carbonyl (C=O) groups is 1. The van der Waals surface area contributed by atoms with Crippen molar-refractivity contribution in [2.75, 3.05) is 0 Å². The van der Waals surface area contributed by atoms with E-state index in [0.717, 1.165) is 12.8 Å². The quantitative estimate of drug-likeness (QED) is 0.311. The molecule has 1 amide bonds. The first-order chi connectivity index (χ1) is 10.7. The molecule has 0 radical (unpaired) electrons. The zero-order valence-corrected chi connectivity index (χ0v) is 13.7. The van der Waals surface area contributed by atoms with E-state index in [2.05, 4.69) is 31.2 Å². The van der Waals surface area contributed by atoms with Crippen LogP contribution in [0.25, 0.3) is 0 Å². The molecule has 0 aromatic heterocycles. The Labute approximate surface area is 134 Å². The number of hydrogen-bond acceptors (Lipinski definition) is 3. The predicted octanol–water partition coefficient (Wildman–Crippen LogP) is 3.24. The molecule has 4 heteroatoms. The Morgan fingerprint density at radius 3 is 2.45 bits per heavy atom. The normalized spacial score (nSPS) is 22.5. The van der Waals surface area contributed by atoms with Gasteiger partial charge in [0, 0.05) is 0 Å². The van der Waals surface area contributed by atoms with Gasteiger partial charge in [-0.25, -0.2) is 0 Å². The monoisotopic (exact) mass is 309 g/mol. The van der Waals surface area contributed by atoms with Crippen LogP contribution in [0.3, 0.4) is 0 Å². The summed E-state index contributed by atoms with van der Waals surface area (Å²) in [4.78, 5) is 10.8. The maximum Gasteiger partial charge on any atom is 0.249 e. The van der Waals surface area contributed by atoms with Gasteiger partial charge < -0.3 is 15.6 Å². The molecule has 1 fully saturated rings. The van der Waals surface area contributed by atoms with E-state index in [9.17, 15) is 9.90 Å². The van der Waals surface area contributed by atoms with Crippen molar-refractivity contribution >= 4 is 5.91 Å². The Balaban J connectivity index is 1.93. The first-order valence-electron chi connectivity index (χ1n) is 8.59. The number of primary amides is 1. The van der Waals surface area contributed by atoms with Crippen molar-refractivity contribution in [3.63, 3.8) is 0 Å². The van der Waals surface area contributed by atoms with Gasteiger partial charge >= 0.3 is 0 Å². The molecule has 3 N–H and O–H groups in total. The second-order valence-corrected chi connectivity index (χ2v) is 5.95. The Morgan fingerprint density at radius 2 is 1.82 bits per heavy atom. The molecule has 126 valence electrons. The number of nitrogens with two attached hydrogens (primary N) is 1. The van der Waals surface area contributed by atoms with E-state index in [4.69, 9.17) is 10.5 Å². The highest BCUT2D eigenvalue weighted by molar-refractivity contribution is 5.81. The van der Waals surface area contributed by atoms with Crippen LogP contribution in [0.1, 0.15) is 64.7 Å². The largest absolute Gasteiger partial charge is 0.390 e. The molecular formula is C18H31NO3. The van der Waals surface area contributed by atoms with Crippen molar-refractivity contribution in [2.45, 2.75) is 83.0 Å². The summed E-state index contributed by atoms with van der Waals surface area (Å²) in [6.07, 6.45) is 17.2. The second-order valence-electron chi connectivity index (χ2n) is 5.95. The Bertz CT molecular complexity index is 365. The lowest BCUT2D eigenvalue weighted by atomic mass is 10.1. The molecule has 1 aliphatic heterocycles. The van der Waals surface area contributed by atoms with E-state index in [1.807, 2.05) is 0 Å². The van der Waals surface area contributed by atoms with Gasteiger partial charge in [0.1, 0.15) is 6.10 Å². The van der Waals surface area contributed by atoms with Gasteiger partial charge in [-0.1, -0.05) is 56.9 Å². The lowest BCUT2D eigenvalue weighted by Gasteiger charge is -2.03. The van der Waals surface area contributed by atoms with Crippen LogP contribution in [-0.4, -0.2) is 29.3 Å². The van der Waals surface area contributed by atoms with Crippen LogP contribution in [0.4, 0.5) is 0 Å². The van der Waals surface area contributed by atoms with Gasteiger partial charge in [0.05, 0.1) is 6.10 Å². The number of epoxide rings is 1. The number of aliphatic hydroxyl groups excluding tert-OH is 1. The minimum atomic E-state index is -0.596. The summed E-state index contributed by atoms with van der Waals surface area (Å²) in [5.41, 5.74) is 5.10. The van der Waals surface area contributed by atoms with E-state index >= 15 is 0 Å². The van der Waals surface area contributed by atoms with Crippen LogP contribution in [0.15, 0.2) is 24.3 Å². The first-order valence-corrected chi connectivity index (χ1v) is 8.59. The molecule has 0 saturated carbocycles. The van der Waals surface area contributed by atoms with Crippen LogP contribution < -0.4 is 5.73 Å². The molecule has 1 heterocycles. The molecule has 0 aliphatic carbocycles. The SMILES string of the molecule is CCCCCCC/C=C/C/C=C/CC[C@@H](O)[C@H]1O[C@H]1C(N)=O. The van der Waals surface area contributed by atoms with Gasteiger partial charge in [-0.15, -0.1) is 0 Å². The highest BCUT2D eigenvalue weighted by atomic mass is 16.6. The fraction of sp³-hybridized carbons (Fsp3) is 0.722. The van der Waals surface area contributed by atoms with Crippen LogP contribution in [0, 0.1) is 0 Å². The smallest absolute Gasteiger partial charge is 0.249 e. The maximum absolute atomic E-state index is 10.8. The number of allylic oxidation sites excluding steroid dienone is 4. The van der Waals surface area contributed by atoms with Crippen molar-refractivity contribution in [3.8, 4) is 0 Å². The zero-order chi connectivity index (χ0) is 16.2. The average Bonchev–Trinajstić information content (AvgIpc) is 3.29. The molecule has 0 unspecified atom stereocenters. The number of ether oxygens (including phenoxy) is 1. The highest BCUT2D eigenvalue weighted by Gasteiger charge is 2.47. The number of carbonyl (C=O) groups excluding carboxylic acids is 1. The van der Waals surface area contributed by atoms with Gasteiger partial charge in [-0.2, -0.15) is 0 Å². The third kappa shape index (κ3) is 8.35. The Hall–Kier alpha value is -1.13. The standard InChI is InChI=1S/C18H31NO3/c1-2-3-4-5-6-7-8-9-10-11-12-13-14-15(20)16-17(22-16)18(19)21/h8-9,11-12,15-17,20H,2-7,10,13-14H2,1H3,(H2,19,21)/b9-8+,12-11+/t15-,16-,17-/m1/s1. The van der Waals surface area contributed by atoms with Crippen molar-refractivity contribution in [1.82, 2.24) is 0 Å². The van der Waals surface area contributed by atoms with Crippen LogP contribution in [-0.2, 0) is 9.53 Å². The minimum absolute atomic E-state index is 0.390. The fourth-order valence-corrected chi connectivity index (χ4v) is 2.45. The van der Waals surface area contributed by atoms with Crippen LogP contribution in [0.2, 0.25) is 0 Å². The van der Waals surface area contributed by atoms with Gasteiger partial charge in [0.15, 0.2) is 6.10 Å². The number of aliphatic hydroxyl groups is 1. The first kappa shape index (κ1) is 18.9. The van der Waals surface area contributed by atoms with Crippen molar-refractivity contribution in [2.24, 2.45) is 5.73 Å². The average molecular weight is 309 g/mol. The predicted molar refractivity (Wildman–Crippen MR) is 89.4 cm³/mol. The van der Waals surface area contributed by atoms with Crippen LogP contribution >= 0.6 is 0 Å². The third-order valence-electron chi connectivity index (χ3n) is 3.89. The van der Waals surface area contributed by atoms with Gasteiger partial charge in [-0.05, 0) is 32.1 Å². The van der Waals surface area contributed by atoms with Crippen molar-refractivity contribution in [3.05, 3.63) is 24.3 Å². The molecule has 3 atom stereocenters. The van der Waals surface area contributed by atoms with Gasteiger partial charge in [0.25, 0.3) is 0 Å². The number of hydrogen-bond donors (Lipinski definition) is 2. The van der Waals surface area contributed by atoms with E-state index in [1.54, 1.807) is 0 Å². The molecule has 0 spiro atoms. The van der Waals surface area contributed by atoms with Gasteiger partial charge in [-0.3, -0.25) is 4.79 Å². The summed E-state index contributed by atoms with van der Waals surface area (Å²) in [5, 5.41) is 9.79. The van der Waals surface area contributed by atoms with E-state index in [1.165, 1.54) is 38.5 Å². The second kappa shape index (κ2) is 11.4. The Kier molecular flexibility index (Phi) is 9.84. The molecule has 0 aromatic carbocycles. The molecule has 0 aromatic rings. The minimum Gasteiger partial charge on any atom is -0.390 e. The lowest BCUT2D eigenvalue weighted by Crippen LogP contribution is -2.25. The topological polar surface area (TPSA) is 75.8 Å². The lowest BCUT2D eigenvalue weighted by molar-refractivity contribution is -0.119. The fourth-order valence-electron chi connectivity index (χ4n) is 2.45. The van der Waals surface area contributed by atoms with E-state index in [-0.39, 0.29) is 0 Å². The molecule has 22 heavy (non-hydrogen) atoms. The maximum atomic E-state index is 10.8. The molecule has 0 bridgehead atoms. The number of rotatable bonds is 13. The number of unbranched alkanes of at least 4 members (excludes halogenated alkanes) is 5. The molecule has 1 aliphatic rings. The molecule has 1 saturated heterocycles. The summed E-state index contributed by atoms with van der Waals surface area (Å²) in [6, 6.07) is 0. The molecule has 1 rings (SSSR count). The van der Waals surface area contributed by atoms with Crippen molar-refractivity contribution in [1.29, 1.82) is 0 Å². The molecule has 4 nitrogen and oxygen atoms in total. The summed E-state index contributed by atoms with van der Waals surface area (Å²) in [7, 11) is 0. The number of amides is 1. The third-order valence-corrected chi connectivity index (χ3v) is 3.89. The summed E-state index contributed by atoms with van der Waals surface area (Å²) < 4.78 is 5.04. The van der Waals surface area contributed by atoms with Crippen LogP contribution in [0.5, 0.6) is 0 Å². The summed E-state index contributed by atoms with van der Waals surface area (Å²) in [6.45, 7) is 2.24. The van der Waals surface area contributed by atoms with E-state index < -0.39 is 24.2 Å². The highest BCUT2D eigenvalue weighted by Crippen LogP contribution is 2.27. The Morgan fingerprint density at radius 1 is 1.14 bits per heavy atom. The van der Waals surface area contributed by atoms with Gasteiger partial charge in [0.2, 0.25) is 5.91 Å². The summed E-state index contributed by atoms with van der Waals surface area (Å²) in [5.74, 6) is -0.487. The van der Waals surface area contributed by atoms with E-state index in [0.29, 0.717) is 6.42 Å².